The minimum atomic E-state index is -3.31. The van der Waals surface area contributed by atoms with Crippen LogP contribution in [0.15, 0.2) is 37.2 Å². The molecule has 2 heterocycles. The summed E-state index contributed by atoms with van der Waals surface area (Å²) in [6.07, 6.45) is 1.86. The first-order valence-electron chi connectivity index (χ1n) is 9.42. The van der Waals surface area contributed by atoms with Gasteiger partial charge in [-0.25, -0.2) is 18.6 Å². The molecule has 0 bridgehead atoms. The molecule has 2 aromatic rings. The number of nitrogens with one attached hydrogen (secondary N) is 2. The summed E-state index contributed by atoms with van der Waals surface area (Å²) in [5.41, 5.74) is 0.350. The Balaban J connectivity index is 1.77. The van der Waals surface area contributed by atoms with Crippen molar-refractivity contribution in [2.45, 2.75) is 44.9 Å². The van der Waals surface area contributed by atoms with Crippen LogP contribution in [0, 0.1) is 11.6 Å². The van der Waals surface area contributed by atoms with Gasteiger partial charge in [0.15, 0.2) is 17.3 Å². The van der Waals surface area contributed by atoms with E-state index in [1.165, 1.54) is 17.3 Å². The predicted molar refractivity (Wildman–Crippen MR) is 105 cm³/mol. The third-order valence-corrected chi connectivity index (χ3v) is 5.10. The summed E-state index contributed by atoms with van der Waals surface area (Å²) in [7, 11) is 0. The molecule has 1 aliphatic heterocycles. The number of urea groups is 1. The summed E-state index contributed by atoms with van der Waals surface area (Å²) in [5, 5.41) is 4.68. The van der Waals surface area contributed by atoms with E-state index in [4.69, 9.17) is 0 Å². The van der Waals surface area contributed by atoms with Gasteiger partial charge in [-0.1, -0.05) is 6.58 Å². The van der Waals surface area contributed by atoms with Crippen molar-refractivity contribution in [3.63, 3.8) is 0 Å². The Bertz CT molecular complexity index is 1020. The topological polar surface area (TPSA) is 79.3 Å². The van der Waals surface area contributed by atoms with Crippen LogP contribution in [0.4, 0.5) is 28.0 Å². The highest BCUT2D eigenvalue weighted by atomic mass is 19.3. The van der Waals surface area contributed by atoms with Gasteiger partial charge in [-0.15, -0.1) is 0 Å². The number of hydrogen-bond acceptors (Lipinski definition) is 3. The highest BCUT2D eigenvalue weighted by Gasteiger charge is 2.36. The summed E-state index contributed by atoms with van der Waals surface area (Å²) in [5.74, 6) is -6.26. The Morgan fingerprint density at radius 3 is 2.68 bits per heavy atom. The number of nitrogens with zero attached hydrogens (tertiary/aromatic N) is 3. The number of halogens is 4. The zero-order chi connectivity index (χ0) is 22.9. The Morgan fingerprint density at radius 2 is 2.03 bits per heavy atom. The van der Waals surface area contributed by atoms with Crippen molar-refractivity contribution in [3.05, 3.63) is 60.2 Å². The molecule has 7 nitrogen and oxygen atoms in total. The molecule has 0 spiro atoms. The Morgan fingerprint density at radius 1 is 1.32 bits per heavy atom. The van der Waals surface area contributed by atoms with E-state index in [1.807, 2.05) is 0 Å². The molecule has 0 saturated heterocycles. The van der Waals surface area contributed by atoms with Crippen LogP contribution in [0.2, 0.25) is 0 Å². The first-order valence-corrected chi connectivity index (χ1v) is 9.42. The number of imidazole rings is 1. The molecule has 11 heteroatoms. The van der Waals surface area contributed by atoms with Crippen molar-refractivity contribution in [3.8, 4) is 0 Å². The number of fused-ring (bicyclic) bond motifs is 1. The molecule has 2 N–H and O–H groups in total. The SMILES string of the molecule is C=CC(F)(F)[C@H](C)NC(=O)c1ncn2c1CN(C(=O)Nc1ccc(F)c(F)c1)[C@@H](C)C2. The van der Waals surface area contributed by atoms with Crippen molar-refractivity contribution >= 4 is 17.6 Å². The highest BCUT2D eigenvalue weighted by Crippen LogP contribution is 2.24. The lowest BCUT2D eigenvalue weighted by Crippen LogP contribution is -2.48. The molecule has 1 aromatic heterocycles. The summed E-state index contributed by atoms with van der Waals surface area (Å²) in [6.45, 7) is 6.24. The number of rotatable bonds is 5. The second-order valence-corrected chi connectivity index (χ2v) is 7.30. The van der Waals surface area contributed by atoms with E-state index in [2.05, 4.69) is 22.2 Å². The summed E-state index contributed by atoms with van der Waals surface area (Å²) in [4.78, 5) is 30.6. The average molecular weight is 439 g/mol. The van der Waals surface area contributed by atoms with Gasteiger partial charge in [-0.3, -0.25) is 4.79 Å². The van der Waals surface area contributed by atoms with Crippen LogP contribution in [-0.2, 0) is 13.1 Å². The molecule has 1 aromatic carbocycles. The fourth-order valence-corrected chi connectivity index (χ4v) is 3.20. The van der Waals surface area contributed by atoms with Crippen LogP contribution >= 0.6 is 0 Å². The summed E-state index contributed by atoms with van der Waals surface area (Å²) in [6, 6.07) is 0.546. The minimum Gasteiger partial charge on any atom is -0.342 e. The first-order chi connectivity index (χ1) is 14.5. The zero-order valence-corrected chi connectivity index (χ0v) is 16.8. The lowest BCUT2D eigenvalue weighted by molar-refractivity contribution is 0.0186. The Labute approximate surface area is 175 Å². The van der Waals surface area contributed by atoms with Crippen LogP contribution < -0.4 is 10.6 Å². The number of carbonyl (C=O) groups excluding carboxylic acids is 2. The molecule has 0 radical (unpaired) electrons. The molecular weight excluding hydrogens is 418 g/mol. The Kier molecular flexibility index (Phi) is 6.05. The van der Waals surface area contributed by atoms with Gasteiger partial charge in [0.2, 0.25) is 0 Å². The predicted octanol–water partition coefficient (Wildman–Crippen LogP) is 3.54. The van der Waals surface area contributed by atoms with Crippen LogP contribution in [0.5, 0.6) is 0 Å². The molecule has 166 valence electrons. The van der Waals surface area contributed by atoms with Crippen molar-refractivity contribution in [2.75, 3.05) is 5.32 Å². The summed E-state index contributed by atoms with van der Waals surface area (Å²) >= 11 is 0. The van der Waals surface area contributed by atoms with Gasteiger partial charge < -0.3 is 20.1 Å². The van der Waals surface area contributed by atoms with E-state index in [0.29, 0.717) is 18.3 Å². The second kappa shape index (κ2) is 8.40. The standard InChI is InChI=1S/C20H21F4N5O2/c1-4-20(23,24)12(3)26-18(30)17-16-9-29(11(2)8-28(16)10-25-17)19(31)27-13-5-6-14(21)15(22)7-13/h4-7,10-12H,1,8-9H2,2-3H3,(H,26,30)(H,27,31)/t11-,12-/m0/s1. The quantitative estimate of drug-likeness (QED) is 0.553. The molecule has 0 saturated carbocycles. The number of carbonyl (C=O) groups is 2. The number of anilines is 1. The van der Waals surface area contributed by atoms with Gasteiger partial charge in [0.1, 0.15) is 0 Å². The van der Waals surface area contributed by atoms with Gasteiger partial charge in [0.25, 0.3) is 11.8 Å². The van der Waals surface area contributed by atoms with Crippen LogP contribution in [-0.4, -0.2) is 44.4 Å². The fraction of sp³-hybridized carbons (Fsp3) is 0.350. The zero-order valence-electron chi connectivity index (χ0n) is 16.8. The molecule has 0 fully saturated rings. The molecule has 1 aliphatic rings. The maximum Gasteiger partial charge on any atom is 0.322 e. The van der Waals surface area contributed by atoms with E-state index in [-0.39, 0.29) is 24.0 Å². The molecule has 3 rings (SSSR count). The monoisotopic (exact) mass is 439 g/mol. The van der Waals surface area contributed by atoms with Gasteiger partial charge in [0.05, 0.1) is 24.6 Å². The minimum absolute atomic E-state index is 0.0360. The van der Waals surface area contributed by atoms with Gasteiger partial charge in [0, 0.05) is 24.3 Å². The second-order valence-electron chi connectivity index (χ2n) is 7.30. The number of benzene rings is 1. The van der Waals surface area contributed by atoms with Crippen molar-refractivity contribution in [1.29, 1.82) is 0 Å². The lowest BCUT2D eigenvalue weighted by Gasteiger charge is -2.34. The smallest absolute Gasteiger partial charge is 0.322 e. The van der Waals surface area contributed by atoms with E-state index >= 15 is 0 Å². The fourth-order valence-electron chi connectivity index (χ4n) is 3.20. The molecule has 31 heavy (non-hydrogen) atoms. The molecule has 2 atom stereocenters. The average Bonchev–Trinajstić information content (AvgIpc) is 3.12. The largest absolute Gasteiger partial charge is 0.342 e. The third kappa shape index (κ3) is 4.54. The highest BCUT2D eigenvalue weighted by molar-refractivity contribution is 5.94. The van der Waals surface area contributed by atoms with Crippen LogP contribution in [0.1, 0.15) is 30.0 Å². The third-order valence-electron chi connectivity index (χ3n) is 5.10. The molecular formula is C20H21F4N5O2. The van der Waals surface area contributed by atoms with Crippen LogP contribution in [0.3, 0.4) is 0 Å². The van der Waals surface area contributed by atoms with Gasteiger partial charge >= 0.3 is 6.03 Å². The number of hydrogen-bond donors (Lipinski definition) is 2. The Hall–Kier alpha value is -3.37. The van der Waals surface area contributed by atoms with Crippen molar-refractivity contribution in [1.82, 2.24) is 19.8 Å². The number of aromatic nitrogens is 2. The molecule has 3 amide bonds. The van der Waals surface area contributed by atoms with E-state index in [0.717, 1.165) is 19.1 Å². The summed E-state index contributed by atoms with van der Waals surface area (Å²) < 4.78 is 55.6. The molecule has 0 aliphatic carbocycles. The first kappa shape index (κ1) is 22.3. The number of alkyl halides is 2. The van der Waals surface area contributed by atoms with Gasteiger partial charge in [-0.2, -0.15) is 8.78 Å². The number of amides is 3. The van der Waals surface area contributed by atoms with E-state index < -0.39 is 35.5 Å². The van der Waals surface area contributed by atoms with E-state index in [9.17, 15) is 27.2 Å². The maximum absolute atomic E-state index is 13.7. The van der Waals surface area contributed by atoms with Crippen molar-refractivity contribution in [2.24, 2.45) is 0 Å². The lowest BCUT2D eigenvalue weighted by atomic mass is 10.1. The van der Waals surface area contributed by atoms with Gasteiger partial charge in [-0.05, 0) is 32.1 Å². The normalized spacial score (nSPS) is 17.0. The molecule has 0 unspecified atom stereocenters. The van der Waals surface area contributed by atoms with Crippen LogP contribution in [0.25, 0.3) is 0 Å². The van der Waals surface area contributed by atoms with Crippen molar-refractivity contribution < 1.29 is 27.2 Å². The van der Waals surface area contributed by atoms with E-state index in [1.54, 1.807) is 11.5 Å². The maximum atomic E-state index is 13.7.